The first-order chi connectivity index (χ1) is 15.0. The molecule has 4 nitrogen and oxygen atoms in total. The van der Waals surface area contributed by atoms with Crippen molar-refractivity contribution in [2.24, 2.45) is 0 Å². The van der Waals surface area contributed by atoms with Crippen LogP contribution in [0.3, 0.4) is 0 Å². The van der Waals surface area contributed by atoms with Gasteiger partial charge in [-0.05, 0) is 36.1 Å². The van der Waals surface area contributed by atoms with Crippen molar-refractivity contribution in [1.29, 1.82) is 0 Å². The van der Waals surface area contributed by atoms with Gasteiger partial charge in [0.1, 0.15) is 6.04 Å². The number of rotatable bonds is 8. The number of benzene rings is 3. The summed E-state index contributed by atoms with van der Waals surface area (Å²) >= 11 is 0. The predicted molar refractivity (Wildman–Crippen MR) is 125 cm³/mol. The Morgan fingerprint density at radius 3 is 1.87 bits per heavy atom. The van der Waals surface area contributed by atoms with Crippen LogP contribution in [0.2, 0.25) is 0 Å². The third-order valence-corrected chi connectivity index (χ3v) is 5.80. The van der Waals surface area contributed by atoms with Crippen LogP contribution in [0, 0.1) is 6.92 Å². The maximum absolute atomic E-state index is 13.6. The monoisotopic (exact) mass is 414 g/mol. The quantitative estimate of drug-likeness (QED) is 0.582. The van der Waals surface area contributed by atoms with Crippen LogP contribution in [0.4, 0.5) is 0 Å². The summed E-state index contributed by atoms with van der Waals surface area (Å²) in [5.74, 6) is -0.291. The van der Waals surface area contributed by atoms with Gasteiger partial charge in [0.25, 0.3) is 0 Å². The lowest BCUT2D eigenvalue weighted by molar-refractivity contribution is -0.140. The number of carbonyl (C=O) groups excluding carboxylic acids is 2. The molecule has 31 heavy (non-hydrogen) atoms. The highest BCUT2D eigenvalue weighted by Gasteiger charge is 2.28. The van der Waals surface area contributed by atoms with Crippen molar-refractivity contribution in [3.05, 3.63) is 107 Å². The maximum atomic E-state index is 13.6. The first-order valence-corrected chi connectivity index (χ1v) is 10.7. The Morgan fingerprint density at radius 1 is 0.839 bits per heavy atom. The van der Waals surface area contributed by atoms with Crippen molar-refractivity contribution >= 4 is 11.8 Å². The molecule has 0 radical (unpaired) electrons. The van der Waals surface area contributed by atoms with Crippen molar-refractivity contribution < 1.29 is 9.59 Å². The number of nitrogens with zero attached hydrogens (tertiary/aromatic N) is 1. The number of carbonyl (C=O) groups is 2. The molecule has 0 aliphatic heterocycles. The summed E-state index contributed by atoms with van der Waals surface area (Å²) in [6.07, 6.45) is 0.293. The zero-order chi connectivity index (χ0) is 22.2. The molecule has 0 aliphatic rings. The zero-order valence-corrected chi connectivity index (χ0v) is 18.4. The number of amides is 2. The SMILES string of the molecule is CNC(=O)C(C)N(Cc1ccccc1C)C(=O)CC(c1ccccc1)c1ccccc1. The van der Waals surface area contributed by atoms with E-state index >= 15 is 0 Å². The highest BCUT2D eigenvalue weighted by Crippen LogP contribution is 2.29. The van der Waals surface area contributed by atoms with Crippen molar-refractivity contribution in [3.63, 3.8) is 0 Å². The largest absolute Gasteiger partial charge is 0.357 e. The molecule has 1 unspecified atom stereocenters. The minimum atomic E-state index is -0.565. The highest BCUT2D eigenvalue weighted by molar-refractivity contribution is 5.87. The van der Waals surface area contributed by atoms with Crippen LogP contribution < -0.4 is 5.32 Å². The summed E-state index contributed by atoms with van der Waals surface area (Å²) in [7, 11) is 1.60. The van der Waals surface area contributed by atoms with Crippen LogP contribution in [0.5, 0.6) is 0 Å². The molecule has 3 aromatic carbocycles. The standard InChI is InChI=1S/C27H30N2O2/c1-20-12-10-11-17-24(20)19-29(21(2)27(31)28-3)26(30)18-25(22-13-6-4-7-14-22)23-15-8-5-9-16-23/h4-17,21,25H,18-19H2,1-3H3,(H,28,31). The van der Waals surface area contributed by atoms with E-state index in [-0.39, 0.29) is 17.7 Å². The summed E-state index contributed by atoms with van der Waals surface area (Å²) in [5.41, 5.74) is 4.32. The molecule has 0 heterocycles. The molecule has 1 N–H and O–H groups in total. The third-order valence-electron chi connectivity index (χ3n) is 5.80. The molecule has 2 amide bonds. The van der Waals surface area contributed by atoms with E-state index in [2.05, 4.69) is 29.6 Å². The molecule has 4 heteroatoms. The first-order valence-electron chi connectivity index (χ1n) is 10.7. The minimum Gasteiger partial charge on any atom is -0.357 e. The smallest absolute Gasteiger partial charge is 0.242 e. The fraction of sp³-hybridized carbons (Fsp3) is 0.259. The molecule has 0 aliphatic carbocycles. The Hall–Kier alpha value is -3.40. The Labute approximate surface area is 184 Å². The van der Waals surface area contributed by atoms with Gasteiger partial charge in [0, 0.05) is 25.9 Å². The summed E-state index contributed by atoms with van der Waals surface area (Å²) in [6.45, 7) is 4.21. The van der Waals surface area contributed by atoms with Gasteiger partial charge < -0.3 is 10.2 Å². The van der Waals surface area contributed by atoms with E-state index in [0.29, 0.717) is 13.0 Å². The fourth-order valence-corrected chi connectivity index (χ4v) is 3.85. The number of aryl methyl sites for hydroxylation is 1. The van der Waals surface area contributed by atoms with E-state index < -0.39 is 6.04 Å². The number of nitrogens with one attached hydrogen (secondary N) is 1. The van der Waals surface area contributed by atoms with Crippen LogP contribution >= 0.6 is 0 Å². The van der Waals surface area contributed by atoms with Crippen molar-refractivity contribution in [1.82, 2.24) is 10.2 Å². The van der Waals surface area contributed by atoms with Gasteiger partial charge in [0.05, 0.1) is 0 Å². The van der Waals surface area contributed by atoms with Crippen molar-refractivity contribution in [2.45, 2.75) is 38.8 Å². The number of hydrogen-bond acceptors (Lipinski definition) is 2. The topological polar surface area (TPSA) is 49.4 Å². The maximum Gasteiger partial charge on any atom is 0.242 e. The Morgan fingerprint density at radius 2 is 1.35 bits per heavy atom. The second-order valence-electron chi connectivity index (χ2n) is 7.82. The molecule has 3 rings (SSSR count). The summed E-state index contributed by atoms with van der Waals surface area (Å²) in [5, 5.41) is 2.68. The van der Waals surface area contributed by atoms with Crippen molar-refractivity contribution in [2.75, 3.05) is 7.05 Å². The average molecular weight is 415 g/mol. The molecule has 0 spiro atoms. The van der Waals surface area contributed by atoms with Crippen LogP contribution in [0.25, 0.3) is 0 Å². The fourth-order valence-electron chi connectivity index (χ4n) is 3.85. The normalized spacial score (nSPS) is 11.7. The second kappa shape index (κ2) is 10.6. The minimum absolute atomic E-state index is 0.0444. The average Bonchev–Trinajstić information content (AvgIpc) is 2.82. The van der Waals surface area contributed by atoms with E-state index in [4.69, 9.17) is 0 Å². The summed E-state index contributed by atoms with van der Waals surface area (Å²) in [6, 6.07) is 27.6. The van der Waals surface area contributed by atoms with Gasteiger partial charge in [0.15, 0.2) is 0 Å². The van der Waals surface area contributed by atoms with Crippen LogP contribution in [-0.4, -0.2) is 29.8 Å². The lowest BCUT2D eigenvalue weighted by atomic mass is 9.88. The van der Waals surface area contributed by atoms with Gasteiger partial charge in [-0.15, -0.1) is 0 Å². The summed E-state index contributed by atoms with van der Waals surface area (Å²) in [4.78, 5) is 27.8. The van der Waals surface area contributed by atoms with E-state index in [1.54, 1.807) is 18.9 Å². The van der Waals surface area contributed by atoms with E-state index in [1.807, 2.05) is 67.6 Å². The third kappa shape index (κ3) is 5.60. The molecular weight excluding hydrogens is 384 g/mol. The molecule has 160 valence electrons. The predicted octanol–water partition coefficient (Wildman–Crippen LogP) is 4.68. The molecule has 3 aromatic rings. The highest BCUT2D eigenvalue weighted by atomic mass is 16.2. The molecular formula is C27H30N2O2. The van der Waals surface area contributed by atoms with Gasteiger partial charge in [-0.2, -0.15) is 0 Å². The Bertz CT molecular complexity index is 963. The van der Waals surface area contributed by atoms with E-state index in [0.717, 1.165) is 22.3 Å². The molecule has 0 saturated heterocycles. The number of likely N-dealkylation sites (N-methyl/N-ethyl adjacent to an activating group) is 1. The lowest BCUT2D eigenvalue weighted by Gasteiger charge is -2.30. The molecule has 1 atom stereocenters. The van der Waals surface area contributed by atoms with Gasteiger partial charge in [-0.3, -0.25) is 9.59 Å². The van der Waals surface area contributed by atoms with Gasteiger partial charge in [-0.25, -0.2) is 0 Å². The lowest BCUT2D eigenvalue weighted by Crippen LogP contribution is -2.47. The molecule has 0 fully saturated rings. The van der Waals surface area contributed by atoms with Gasteiger partial charge in [-0.1, -0.05) is 84.9 Å². The van der Waals surface area contributed by atoms with Gasteiger partial charge in [0.2, 0.25) is 11.8 Å². The van der Waals surface area contributed by atoms with Crippen LogP contribution in [0.15, 0.2) is 84.9 Å². The molecule has 0 bridgehead atoms. The Kier molecular flexibility index (Phi) is 7.60. The van der Waals surface area contributed by atoms with Crippen LogP contribution in [0.1, 0.15) is 41.5 Å². The first kappa shape index (κ1) is 22.3. The summed E-state index contributed by atoms with van der Waals surface area (Å²) < 4.78 is 0. The second-order valence-corrected chi connectivity index (χ2v) is 7.82. The van der Waals surface area contributed by atoms with Crippen molar-refractivity contribution in [3.8, 4) is 0 Å². The molecule has 0 saturated carbocycles. The molecule has 0 aromatic heterocycles. The number of hydrogen-bond donors (Lipinski definition) is 1. The Balaban J connectivity index is 1.93. The van der Waals surface area contributed by atoms with Gasteiger partial charge >= 0.3 is 0 Å². The van der Waals surface area contributed by atoms with Crippen LogP contribution in [-0.2, 0) is 16.1 Å². The van der Waals surface area contributed by atoms with E-state index in [9.17, 15) is 9.59 Å². The van der Waals surface area contributed by atoms with E-state index in [1.165, 1.54) is 0 Å². The zero-order valence-electron chi connectivity index (χ0n) is 18.4.